The number of nitrogens with zero attached hydrogens (tertiary/aromatic N) is 3. The van der Waals surface area contributed by atoms with Gasteiger partial charge in [-0.1, -0.05) is 5.18 Å². The van der Waals surface area contributed by atoms with Crippen LogP contribution in [0.3, 0.4) is 0 Å². The lowest BCUT2D eigenvalue weighted by Crippen LogP contribution is -2.30. The van der Waals surface area contributed by atoms with Crippen LogP contribution in [-0.2, 0) is 16.0 Å². The highest BCUT2D eigenvalue weighted by molar-refractivity contribution is 5.89. The highest BCUT2D eigenvalue weighted by Crippen LogP contribution is 2.18. The van der Waals surface area contributed by atoms with E-state index in [-0.39, 0.29) is 32.1 Å². The number of aliphatic hydroxyl groups is 1. The van der Waals surface area contributed by atoms with Gasteiger partial charge in [-0.25, -0.2) is 9.78 Å². The van der Waals surface area contributed by atoms with Gasteiger partial charge in [0.05, 0.1) is 37.4 Å². The third-order valence-electron chi connectivity index (χ3n) is 4.61. The summed E-state index contributed by atoms with van der Waals surface area (Å²) in [7, 11) is 1.19. The van der Waals surface area contributed by atoms with Crippen LogP contribution in [0.2, 0.25) is 0 Å². The van der Waals surface area contributed by atoms with Gasteiger partial charge in [-0.15, -0.1) is 0 Å². The van der Waals surface area contributed by atoms with E-state index in [2.05, 4.69) is 14.9 Å². The molecule has 0 aliphatic rings. The van der Waals surface area contributed by atoms with Gasteiger partial charge in [-0.3, -0.25) is 4.79 Å². The molecule has 28 heavy (non-hydrogen) atoms. The molecule has 0 saturated carbocycles. The number of rotatable bonds is 10. The zero-order valence-corrected chi connectivity index (χ0v) is 16.3. The maximum atomic E-state index is 12.8. The van der Waals surface area contributed by atoms with Crippen LogP contribution in [0.4, 0.5) is 0 Å². The van der Waals surface area contributed by atoms with Crippen LogP contribution < -0.4 is 5.56 Å². The molecule has 0 fully saturated rings. The number of esters is 1. The van der Waals surface area contributed by atoms with E-state index in [0.29, 0.717) is 23.9 Å². The molecule has 0 aliphatic carbocycles. The monoisotopic (exact) mass is 391 g/mol. The number of carbonyl (C=O) groups excluding carboxylic acids is 1. The van der Waals surface area contributed by atoms with E-state index in [0.717, 1.165) is 11.1 Å². The molecule has 1 atom stereocenters. The number of benzene rings is 1. The molecule has 0 bridgehead atoms. The predicted octanol–water partition coefficient (Wildman–Crippen LogP) is 1.72. The Morgan fingerprint density at radius 3 is 2.61 bits per heavy atom. The summed E-state index contributed by atoms with van der Waals surface area (Å²) in [6.45, 7) is 4.43. The van der Waals surface area contributed by atoms with Crippen molar-refractivity contribution in [2.75, 3.05) is 26.9 Å². The summed E-state index contributed by atoms with van der Waals surface area (Å²) in [5, 5.41) is 11.8. The second-order valence-electron chi connectivity index (χ2n) is 6.51. The molecule has 2 rings (SSSR count). The minimum atomic E-state index is -0.804. The van der Waals surface area contributed by atoms with Crippen LogP contribution in [-0.4, -0.2) is 53.6 Å². The number of ether oxygens (including phenoxy) is 2. The zero-order chi connectivity index (χ0) is 20.7. The molecule has 0 amide bonds. The summed E-state index contributed by atoms with van der Waals surface area (Å²) in [6, 6.07) is 3.10. The van der Waals surface area contributed by atoms with Crippen molar-refractivity contribution in [3.63, 3.8) is 0 Å². The van der Waals surface area contributed by atoms with Gasteiger partial charge in [0.2, 0.25) is 5.69 Å². The smallest absolute Gasteiger partial charge is 0.362 e. The molecule has 0 aliphatic heterocycles. The average Bonchev–Trinajstić information content (AvgIpc) is 2.69. The van der Waals surface area contributed by atoms with Crippen LogP contribution in [0.25, 0.3) is 11.0 Å². The molecule has 1 heterocycles. The molecule has 2 aromatic rings. The van der Waals surface area contributed by atoms with Gasteiger partial charge in [-0.2, -0.15) is 4.91 Å². The van der Waals surface area contributed by atoms with Gasteiger partial charge in [-0.05, 0) is 49.9 Å². The van der Waals surface area contributed by atoms with Crippen molar-refractivity contribution in [2.45, 2.75) is 39.3 Å². The van der Waals surface area contributed by atoms with E-state index in [4.69, 9.17) is 9.84 Å². The number of methoxy groups -OCH3 is 1. The van der Waals surface area contributed by atoms with Crippen molar-refractivity contribution < 1.29 is 19.4 Å². The number of hydrogen-bond acceptors (Lipinski definition) is 8. The topological polar surface area (TPSA) is 120 Å². The Bertz CT molecular complexity index is 909. The van der Waals surface area contributed by atoms with Crippen LogP contribution in [0.1, 0.15) is 34.5 Å². The first-order valence-electron chi connectivity index (χ1n) is 9.04. The summed E-state index contributed by atoms with van der Waals surface area (Å²) in [5.74, 6) is -0.804. The van der Waals surface area contributed by atoms with Crippen LogP contribution >= 0.6 is 0 Å². The maximum absolute atomic E-state index is 12.8. The number of hydrogen-bond donors (Lipinski definition) is 1. The van der Waals surface area contributed by atoms with Crippen molar-refractivity contribution >= 4 is 17.0 Å². The fraction of sp³-hybridized carbons (Fsp3) is 0.526. The second-order valence-corrected chi connectivity index (χ2v) is 6.51. The number of aliphatic hydroxyl groups excluding tert-OH is 1. The molecule has 0 radical (unpaired) electrons. The number of carbonyl (C=O) groups is 1. The normalized spacial score (nSPS) is 12.1. The summed E-state index contributed by atoms with van der Waals surface area (Å²) in [4.78, 5) is 40.1. The Morgan fingerprint density at radius 2 is 1.96 bits per heavy atom. The molecule has 0 spiro atoms. The predicted molar refractivity (Wildman–Crippen MR) is 104 cm³/mol. The van der Waals surface area contributed by atoms with E-state index in [9.17, 15) is 14.5 Å². The third-order valence-corrected chi connectivity index (χ3v) is 4.61. The van der Waals surface area contributed by atoms with Crippen LogP contribution in [0, 0.1) is 18.8 Å². The summed E-state index contributed by atoms with van der Waals surface area (Å²) in [6.07, 6.45) is 0.682. The number of aryl methyl sites for hydroxylation is 3. The molecule has 1 aromatic heterocycles. The van der Waals surface area contributed by atoms with Gasteiger partial charge < -0.3 is 19.1 Å². The summed E-state index contributed by atoms with van der Waals surface area (Å²) in [5.41, 5.74) is 2.20. The fourth-order valence-electron chi connectivity index (χ4n) is 2.86. The molecular weight excluding hydrogens is 366 g/mol. The quantitative estimate of drug-likeness (QED) is 0.372. The minimum absolute atomic E-state index is 0.0906. The molecule has 152 valence electrons. The molecule has 1 N–H and O–H groups in total. The van der Waals surface area contributed by atoms with E-state index in [1.807, 2.05) is 26.0 Å². The van der Waals surface area contributed by atoms with Gasteiger partial charge >= 0.3 is 5.97 Å². The lowest BCUT2D eigenvalue weighted by atomic mass is 10.1. The van der Waals surface area contributed by atoms with E-state index in [1.54, 1.807) is 0 Å². The second kappa shape index (κ2) is 10.0. The van der Waals surface area contributed by atoms with Gasteiger partial charge in [0.1, 0.15) is 0 Å². The van der Waals surface area contributed by atoms with E-state index in [1.165, 1.54) is 11.7 Å². The zero-order valence-electron chi connectivity index (χ0n) is 16.3. The highest BCUT2D eigenvalue weighted by atomic mass is 16.5. The van der Waals surface area contributed by atoms with Crippen molar-refractivity contribution in [1.82, 2.24) is 9.55 Å². The SMILES string of the molecule is COC(=O)c1nc2cc(C)c(C)cc2n(CCC(CCOCCO)N=O)c1=O. The van der Waals surface area contributed by atoms with E-state index < -0.39 is 17.6 Å². The molecule has 0 saturated heterocycles. The molecular formula is C19H25N3O6. The van der Waals surface area contributed by atoms with Crippen molar-refractivity contribution in [1.29, 1.82) is 0 Å². The Balaban J connectivity index is 2.36. The van der Waals surface area contributed by atoms with Gasteiger partial charge in [0.25, 0.3) is 5.56 Å². The Kier molecular flexibility index (Phi) is 7.77. The Hall–Kier alpha value is -2.65. The number of aromatic nitrogens is 2. The number of fused-ring (bicyclic) bond motifs is 1. The molecule has 9 nitrogen and oxygen atoms in total. The fourth-order valence-corrected chi connectivity index (χ4v) is 2.86. The van der Waals surface area contributed by atoms with Crippen LogP contribution in [0.15, 0.2) is 22.1 Å². The standard InChI is InChI=1S/C19H25N3O6/c1-12-10-15-16(11-13(12)2)22(18(24)17(20-15)19(25)27-3)6-4-14(21-26)5-8-28-9-7-23/h10-11,14,23H,4-9H2,1-3H3. The minimum Gasteiger partial charge on any atom is -0.464 e. The first-order chi connectivity index (χ1) is 13.4. The first-order valence-corrected chi connectivity index (χ1v) is 9.04. The lowest BCUT2D eigenvalue weighted by Gasteiger charge is -2.15. The van der Waals surface area contributed by atoms with E-state index >= 15 is 0 Å². The largest absolute Gasteiger partial charge is 0.464 e. The maximum Gasteiger partial charge on any atom is 0.362 e. The van der Waals surface area contributed by atoms with Gasteiger partial charge in [0, 0.05) is 13.2 Å². The molecule has 1 aromatic carbocycles. The average molecular weight is 391 g/mol. The summed E-state index contributed by atoms with van der Waals surface area (Å²) >= 11 is 0. The highest BCUT2D eigenvalue weighted by Gasteiger charge is 2.20. The summed E-state index contributed by atoms with van der Waals surface area (Å²) < 4.78 is 11.3. The van der Waals surface area contributed by atoms with Crippen molar-refractivity contribution in [3.05, 3.63) is 44.2 Å². The lowest BCUT2D eigenvalue weighted by molar-refractivity contribution is 0.0591. The number of nitroso groups, excluding NO2 is 1. The third kappa shape index (κ3) is 4.99. The Labute approximate surface area is 162 Å². The Morgan fingerprint density at radius 1 is 1.25 bits per heavy atom. The van der Waals surface area contributed by atoms with Gasteiger partial charge in [0.15, 0.2) is 0 Å². The van der Waals surface area contributed by atoms with Crippen molar-refractivity contribution in [2.24, 2.45) is 5.18 Å². The molecule has 9 heteroatoms. The first kappa shape index (κ1) is 21.6. The van der Waals surface area contributed by atoms with Crippen molar-refractivity contribution in [3.8, 4) is 0 Å². The van der Waals surface area contributed by atoms with Crippen LogP contribution in [0.5, 0.6) is 0 Å². The molecule has 1 unspecified atom stereocenters.